The minimum atomic E-state index is -4.61. The van der Waals surface area contributed by atoms with Crippen LogP contribution < -0.4 is 5.73 Å². The molecule has 1 rings (SSSR count). The summed E-state index contributed by atoms with van der Waals surface area (Å²) >= 11 is 3.01. The van der Waals surface area contributed by atoms with Gasteiger partial charge < -0.3 is 10.8 Å². The topological polar surface area (TPSA) is 46.2 Å². The average molecular weight is 326 g/mol. The number of benzene rings is 1. The molecular formula is C12H15BrF3NO. The quantitative estimate of drug-likeness (QED) is 0.812. The van der Waals surface area contributed by atoms with Crippen LogP contribution in [-0.2, 0) is 6.18 Å². The van der Waals surface area contributed by atoms with E-state index < -0.39 is 28.9 Å². The van der Waals surface area contributed by atoms with E-state index in [2.05, 4.69) is 15.9 Å². The van der Waals surface area contributed by atoms with Crippen LogP contribution in [0.1, 0.15) is 37.9 Å². The van der Waals surface area contributed by atoms with Crippen molar-refractivity contribution in [3.63, 3.8) is 0 Å². The van der Waals surface area contributed by atoms with Crippen LogP contribution in [0, 0.1) is 5.41 Å². The first kappa shape index (κ1) is 15.3. The van der Waals surface area contributed by atoms with Crippen LogP contribution in [0.25, 0.3) is 0 Å². The highest BCUT2D eigenvalue weighted by Gasteiger charge is 2.37. The van der Waals surface area contributed by atoms with Gasteiger partial charge in [0.05, 0.1) is 5.56 Å². The second-order valence-corrected chi connectivity index (χ2v) is 6.15. The summed E-state index contributed by atoms with van der Waals surface area (Å²) in [6.45, 7) is 5.39. The van der Waals surface area contributed by atoms with Gasteiger partial charge in [0, 0.05) is 16.1 Å². The Hall–Kier alpha value is -0.750. The number of phenolic OH excluding ortho intramolecular Hbond substituents is 1. The van der Waals surface area contributed by atoms with Gasteiger partial charge in [0.15, 0.2) is 0 Å². The summed E-state index contributed by atoms with van der Waals surface area (Å²) in [5, 5.41) is 9.76. The highest BCUT2D eigenvalue weighted by Crippen LogP contribution is 2.44. The van der Waals surface area contributed by atoms with Gasteiger partial charge >= 0.3 is 6.18 Å². The Kier molecular flexibility index (Phi) is 4.03. The summed E-state index contributed by atoms with van der Waals surface area (Å²) in [6.07, 6.45) is -4.61. The second-order valence-electron chi connectivity index (χ2n) is 5.23. The van der Waals surface area contributed by atoms with Gasteiger partial charge in [0.25, 0.3) is 0 Å². The Morgan fingerprint density at radius 2 is 1.72 bits per heavy atom. The Balaban J connectivity index is 3.44. The minimum Gasteiger partial charge on any atom is -0.507 e. The monoisotopic (exact) mass is 325 g/mol. The van der Waals surface area contributed by atoms with E-state index in [4.69, 9.17) is 5.73 Å². The number of halogens is 4. The number of hydrogen-bond donors (Lipinski definition) is 2. The molecule has 0 saturated heterocycles. The van der Waals surface area contributed by atoms with Crippen LogP contribution in [-0.4, -0.2) is 5.11 Å². The molecule has 1 aromatic carbocycles. The average Bonchev–Trinajstić information content (AvgIpc) is 2.17. The zero-order chi connectivity index (χ0) is 14.3. The van der Waals surface area contributed by atoms with Gasteiger partial charge in [-0.2, -0.15) is 13.2 Å². The van der Waals surface area contributed by atoms with Gasteiger partial charge in [0.2, 0.25) is 0 Å². The standard InChI is InChI=1S/C12H15BrF3NO/c1-11(2,3)10(17)7-4-6(13)5-8(9(7)18)12(14,15)16/h4-5,10,18H,17H2,1-3H3/t10-/m0/s1. The molecule has 0 amide bonds. The Morgan fingerprint density at radius 1 is 1.22 bits per heavy atom. The third-order valence-electron chi connectivity index (χ3n) is 2.68. The first-order valence-electron chi connectivity index (χ1n) is 5.29. The molecule has 0 fully saturated rings. The van der Waals surface area contributed by atoms with E-state index in [1.807, 2.05) is 0 Å². The maximum atomic E-state index is 12.7. The van der Waals surface area contributed by atoms with Crippen LogP contribution in [0.5, 0.6) is 5.75 Å². The Morgan fingerprint density at radius 3 is 2.11 bits per heavy atom. The number of alkyl halides is 3. The fraction of sp³-hybridized carbons (Fsp3) is 0.500. The largest absolute Gasteiger partial charge is 0.507 e. The molecule has 0 aromatic heterocycles. The van der Waals surface area contributed by atoms with Gasteiger partial charge in [-0.25, -0.2) is 0 Å². The van der Waals surface area contributed by atoms with Crippen molar-refractivity contribution in [1.29, 1.82) is 0 Å². The molecule has 6 heteroatoms. The lowest BCUT2D eigenvalue weighted by Gasteiger charge is -2.29. The van der Waals surface area contributed by atoms with Crippen LogP contribution in [0.2, 0.25) is 0 Å². The molecule has 0 heterocycles. The van der Waals surface area contributed by atoms with E-state index in [0.717, 1.165) is 6.07 Å². The minimum absolute atomic E-state index is 0.0872. The van der Waals surface area contributed by atoms with E-state index in [1.165, 1.54) is 6.07 Å². The predicted molar refractivity (Wildman–Crippen MR) is 67.2 cm³/mol. The van der Waals surface area contributed by atoms with Crippen molar-refractivity contribution in [1.82, 2.24) is 0 Å². The van der Waals surface area contributed by atoms with Crippen molar-refractivity contribution in [2.75, 3.05) is 0 Å². The molecule has 18 heavy (non-hydrogen) atoms. The molecule has 1 atom stereocenters. The summed E-state index contributed by atoms with van der Waals surface area (Å²) in [6, 6.07) is 1.56. The lowest BCUT2D eigenvalue weighted by atomic mass is 9.82. The van der Waals surface area contributed by atoms with Gasteiger partial charge in [-0.1, -0.05) is 36.7 Å². The smallest absolute Gasteiger partial charge is 0.420 e. The number of phenols is 1. The lowest BCUT2D eigenvalue weighted by molar-refractivity contribution is -0.138. The van der Waals surface area contributed by atoms with Crippen molar-refractivity contribution >= 4 is 15.9 Å². The van der Waals surface area contributed by atoms with E-state index in [-0.39, 0.29) is 10.0 Å². The van der Waals surface area contributed by atoms with E-state index in [0.29, 0.717) is 0 Å². The lowest BCUT2D eigenvalue weighted by Crippen LogP contribution is -2.26. The Bertz CT molecular complexity index is 452. The molecule has 0 bridgehead atoms. The fourth-order valence-corrected chi connectivity index (χ4v) is 2.02. The zero-order valence-electron chi connectivity index (χ0n) is 10.3. The summed E-state index contributed by atoms with van der Waals surface area (Å²) in [7, 11) is 0. The van der Waals surface area contributed by atoms with Crippen LogP contribution in [0.15, 0.2) is 16.6 Å². The normalized spacial score (nSPS) is 14.7. The summed E-state index contributed by atoms with van der Waals surface area (Å²) in [4.78, 5) is 0. The van der Waals surface area contributed by atoms with Crippen LogP contribution >= 0.6 is 15.9 Å². The molecular weight excluding hydrogens is 311 g/mol. The molecule has 0 spiro atoms. The van der Waals surface area contributed by atoms with Crippen molar-refractivity contribution in [2.45, 2.75) is 33.0 Å². The molecule has 0 unspecified atom stereocenters. The first-order valence-corrected chi connectivity index (χ1v) is 6.09. The highest BCUT2D eigenvalue weighted by atomic mass is 79.9. The molecule has 3 N–H and O–H groups in total. The summed E-state index contributed by atoms with van der Waals surface area (Å²) in [5.74, 6) is -0.798. The number of rotatable bonds is 1. The predicted octanol–water partition coefficient (Wildman–Crippen LogP) is 4.22. The third kappa shape index (κ3) is 3.17. The van der Waals surface area contributed by atoms with Crippen molar-refractivity contribution in [3.05, 3.63) is 27.7 Å². The zero-order valence-corrected chi connectivity index (χ0v) is 11.9. The maximum absolute atomic E-state index is 12.7. The molecule has 102 valence electrons. The highest BCUT2D eigenvalue weighted by molar-refractivity contribution is 9.10. The number of nitrogens with two attached hydrogens (primary N) is 1. The van der Waals surface area contributed by atoms with Crippen LogP contribution in [0.4, 0.5) is 13.2 Å². The molecule has 1 aromatic rings. The van der Waals surface area contributed by atoms with Crippen molar-refractivity contribution < 1.29 is 18.3 Å². The van der Waals surface area contributed by atoms with Crippen LogP contribution in [0.3, 0.4) is 0 Å². The van der Waals surface area contributed by atoms with Gasteiger partial charge in [-0.15, -0.1) is 0 Å². The maximum Gasteiger partial charge on any atom is 0.420 e. The molecule has 0 radical (unpaired) electrons. The van der Waals surface area contributed by atoms with Gasteiger partial charge in [-0.05, 0) is 17.5 Å². The van der Waals surface area contributed by atoms with E-state index in [9.17, 15) is 18.3 Å². The van der Waals surface area contributed by atoms with Crippen molar-refractivity contribution in [3.8, 4) is 5.75 Å². The van der Waals surface area contributed by atoms with E-state index >= 15 is 0 Å². The Labute approximate surface area is 112 Å². The fourth-order valence-electron chi connectivity index (χ4n) is 1.54. The third-order valence-corrected chi connectivity index (χ3v) is 3.14. The molecule has 2 nitrogen and oxygen atoms in total. The first-order chi connectivity index (χ1) is 7.94. The van der Waals surface area contributed by atoms with Crippen molar-refractivity contribution in [2.24, 2.45) is 11.1 Å². The van der Waals surface area contributed by atoms with Gasteiger partial charge in [-0.3, -0.25) is 0 Å². The van der Waals surface area contributed by atoms with Gasteiger partial charge in [0.1, 0.15) is 5.75 Å². The number of aromatic hydroxyl groups is 1. The molecule has 0 aliphatic rings. The summed E-state index contributed by atoms with van der Waals surface area (Å²) < 4.78 is 38.5. The molecule has 0 aliphatic carbocycles. The molecule has 0 saturated carbocycles. The summed E-state index contributed by atoms with van der Waals surface area (Å²) in [5.41, 5.74) is 4.46. The SMILES string of the molecule is CC(C)(C)[C@@H](N)c1cc(Br)cc(C(F)(F)F)c1O. The molecule has 0 aliphatic heterocycles. The second kappa shape index (κ2) is 4.74. The number of hydrogen-bond acceptors (Lipinski definition) is 2. The van der Waals surface area contributed by atoms with E-state index in [1.54, 1.807) is 20.8 Å².